The van der Waals surface area contributed by atoms with Gasteiger partial charge in [0, 0.05) is 51.5 Å². The van der Waals surface area contributed by atoms with Crippen molar-refractivity contribution in [2.75, 3.05) is 37.4 Å². The Labute approximate surface area is 167 Å². The summed E-state index contributed by atoms with van der Waals surface area (Å²) in [6.07, 6.45) is 9.64. The molecule has 0 aromatic carbocycles. The van der Waals surface area contributed by atoms with Crippen molar-refractivity contribution in [3.8, 4) is 0 Å². The maximum Gasteiger partial charge on any atom is 0.226 e. The minimum absolute atomic E-state index is 0.150. The van der Waals surface area contributed by atoms with Crippen LogP contribution in [0.15, 0.2) is 42.9 Å². The summed E-state index contributed by atoms with van der Waals surface area (Å²) in [6, 6.07) is 8.54. The summed E-state index contributed by atoms with van der Waals surface area (Å²) in [6.45, 7) is 1.70. The van der Waals surface area contributed by atoms with Crippen molar-refractivity contribution in [1.29, 1.82) is 0 Å². The molecule has 2 fully saturated rings. The fraction of sp³-hybridized carbons (Fsp3) is 0.500. The quantitative estimate of drug-likeness (QED) is 0.865. The topological polar surface area (TPSA) is 61.4 Å². The molecule has 1 N–H and O–H groups in total. The van der Waals surface area contributed by atoms with Crippen LogP contribution in [0.2, 0.25) is 0 Å². The molecule has 0 spiro atoms. The van der Waals surface area contributed by atoms with Gasteiger partial charge in [0.05, 0.1) is 11.9 Å². The molecular weight excluding hydrogens is 350 g/mol. The van der Waals surface area contributed by atoms with E-state index >= 15 is 0 Å². The average molecular weight is 380 g/mol. The second kappa shape index (κ2) is 8.17. The van der Waals surface area contributed by atoms with E-state index in [2.05, 4.69) is 32.3 Å². The van der Waals surface area contributed by atoms with Gasteiger partial charge >= 0.3 is 0 Å². The van der Waals surface area contributed by atoms with Crippen LogP contribution in [0.3, 0.4) is 0 Å². The summed E-state index contributed by atoms with van der Waals surface area (Å²) < 4.78 is 0. The summed E-state index contributed by atoms with van der Waals surface area (Å²) in [4.78, 5) is 25.7. The zero-order valence-corrected chi connectivity index (χ0v) is 16.7. The molecule has 2 aromatic heterocycles. The summed E-state index contributed by atoms with van der Waals surface area (Å²) in [7, 11) is 3.98. The number of hydrogen-bond donors (Lipinski definition) is 1. The molecule has 4 rings (SSSR count). The standard InChI is InChI=1S/C22H29N5O/c1-26(2)21-8-7-18(15-24-21)25-17-6-4-11-27(12-9-17)22(28)20-13-19(20)16-5-3-10-23-14-16/h3,5,7-8,10,14-15,17,19-20,25H,4,6,9,11-13H2,1-2H3/t17-,19-,20-/m1/s1. The van der Waals surface area contributed by atoms with E-state index in [9.17, 15) is 4.79 Å². The number of rotatable bonds is 5. The Hall–Kier alpha value is -2.63. The van der Waals surface area contributed by atoms with Crippen LogP contribution in [0, 0.1) is 5.92 Å². The third-order valence-electron chi connectivity index (χ3n) is 5.84. The van der Waals surface area contributed by atoms with E-state index in [1.54, 1.807) is 6.20 Å². The largest absolute Gasteiger partial charge is 0.381 e. The Balaban J connectivity index is 1.30. The summed E-state index contributed by atoms with van der Waals surface area (Å²) in [5, 5.41) is 3.60. The number of amides is 1. The minimum atomic E-state index is 0.150. The lowest BCUT2D eigenvalue weighted by Gasteiger charge is -2.21. The summed E-state index contributed by atoms with van der Waals surface area (Å²) in [5.41, 5.74) is 2.25. The highest BCUT2D eigenvalue weighted by Gasteiger charge is 2.45. The van der Waals surface area contributed by atoms with E-state index in [1.165, 1.54) is 5.56 Å². The maximum absolute atomic E-state index is 12.9. The van der Waals surface area contributed by atoms with Gasteiger partial charge in [0.1, 0.15) is 5.82 Å². The van der Waals surface area contributed by atoms with Crippen LogP contribution in [-0.2, 0) is 4.79 Å². The Bertz CT molecular complexity index is 792. The van der Waals surface area contributed by atoms with Gasteiger partial charge in [-0.25, -0.2) is 4.98 Å². The number of nitrogens with zero attached hydrogens (tertiary/aromatic N) is 4. The number of carbonyl (C=O) groups is 1. The monoisotopic (exact) mass is 379 g/mol. The zero-order chi connectivity index (χ0) is 19.5. The Morgan fingerprint density at radius 2 is 2.07 bits per heavy atom. The molecule has 3 heterocycles. The SMILES string of the molecule is CN(C)c1ccc(N[C@@H]2CCCN(C(=O)[C@@H]3C[C@@H]3c3cccnc3)CC2)cn1. The predicted octanol–water partition coefficient (Wildman–Crippen LogP) is 3.14. The van der Waals surface area contributed by atoms with Gasteiger partial charge in [-0.2, -0.15) is 0 Å². The first-order valence-electron chi connectivity index (χ1n) is 10.2. The second-order valence-corrected chi connectivity index (χ2v) is 8.13. The number of anilines is 2. The molecule has 1 aliphatic carbocycles. The molecule has 148 valence electrons. The lowest BCUT2D eigenvalue weighted by Crippen LogP contribution is -2.34. The lowest BCUT2D eigenvalue weighted by atomic mass is 10.1. The third kappa shape index (κ3) is 4.26. The molecule has 6 nitrogen and oxygen atoms in total. The Kier molecular flexibility index (Phi) is 5.46. The van der Waals surface area contributed by atoms with E-state index in [0.717, 1.165) is 50.3 Å². The molecule has 2 aromatic rings. The smallest absolute Gasteiger partial charge is 0.226 e. The van der Waals surface area contributed by atoms with Crippen LogP contribution >= 0.6 is 0 Å². The molecule has 28 heavy (non-hydrogen) atoms. The molecule has 1 amide bonds. The van der Waals surface area contributed by atoms with Crippen LogP contribution in [0.4, 0.5) is 11.5 Å². The number of likely N-dealkylation sites (tertiary alicyclic amines) is 1. The fourth-order valence-corrected chi connectivity index (χ4v) is 4.10. The molecule has 0 unspecified atom stereocenters. The summed E-state index contributed by atoms with van der Waals surface area (Å²) in [5.74, 6) is 1.79. The van der Waals surface area contributed by atoms with Gasteiger partial charge in [-0.05, 0) is 55.4 Å². The van der Waals surface area contributed by atoms with Crippen molar-refractivity contribution in [3.63, 3.8) is 0 Å². The molecule has 0 bridgehead atoms. The molecule has 1 saturated carbocycles. The fourth-order valence-electron chi connectivity index (χ4n) is 4.10. The number of aromatic nitrogens is 2. The molecule has 1 saturated heterocycles. The Morgan fingerprint density at radius 1 is 1.18 bits per heavy atom. The van der Waals surface area contributed by atoms with Gasteiger partial charge in [0.2, 0.25) is 5.91 Å². The van der Waals surface area contributed by atoms with Crippen LogP contribution in [0.1, 0.15) is 37.2 Å². The normalized spacial score (nSPS) is 24.4. The van der Waals surface area contributed by atoms with Crippen LogP contribution in [-0.4, -0.2) is 54.0 Å². The van der Waals surface area contributed by atoms with E-state index in [-0.39, 0.29) is 5.92 Å². The van der Waals surface area contributed by atoms with Crippen LogP contribution in [0.25, 0.3) is 0 Å². The minimum Gasteiger partial charge on any atom is -0.381 e. The number of carbonyl (C=O) groups excluding carboxylic acids is 1. The summed E-state index contributed by atoms with van der Waals surface area (Å²) >= 11 is 0. The van der Waals surface area contributed by atoms with E-state index in [4.69, 9.17) is 0 Å². The van der Waals surface area contributed by atoms with E-state index < -0.39 is 0 Å². The van der Waals surface area contributed by atoms with Crippen molar-refractivity contribution in [2.45, 2.75) is 37.6 Å². The molecular formula is C22H29N5O. The van der Waals surface area contributed by atoms with Crippen molar-refractivity contribution in [1.82, 2.24) is 14.9 Å². The van der Waals surface area contributed by atoms with Gasteiger partial charge in [-0.15, -0.1) is 0 Å². The van der Waals surface area contributed by atoms with E-state index in [1.807, 2.05) is 43.5 Å². The number of hydrogen-bond acceptors (Lipinski definition) is 5. The average Bonchev–Trinajstić information content (AvgIpc) is 3.53. The highest BCUT2D eigenvalue weighted by molar-refractivity contribution is 5.83. The van der Waals surface area contributed by atoms with Gasteiger partial charge in [0.15, 0.2) is 0 Å². The molecule has 6 heteroatoms. The number of pyridine rings is 2. The molecule has 2 aliphatic rings. The maximum atomic E-state index is 12.9. The zero-order valence-electron chi connectivity index (χ0n) is 16.7. The van der Waals surface area contributed by atoms with Crippen molar-refractivity contribution in [3.05, 3.63) is 48.4 Å². The molecule has 1 aliphatic heterocycles. The van der Waals surface area contributed by atoms with Gasteiger partial charge in [0.25, 0.3) is 0 Å². The van der Waals surface area contributed by atoms with Crippen LogP contribution in [0.5, 0.6) is 0 Å². The van der Waals surface area contributed by atoms with Gasteiger partial charge in [-0.1, -0.05) is 6.07 Å². The second-order valence-electron chi connectivity index (χ2n) is 8.13. The van der Waals surface area contributed by atoms with Gasteiger partial charge < -0.3 is 15.1 Å². The van der Waals surface area contributed by atoms with Crippen molar-refractivity contribution >= 4 is 17.4 Å². The first kappa shape index (κ1) is 18.7. The van der Waals surface area contributed by atoms with E-state index in [0.29, 0.717) is 17.9 Å². The highest BCUT2D eigenvalue weighted by Crippen LogP contribution is 2.48. The van der Waals surface area contributed by atoms with Crippen LogP contribution < -0.4 is 10.2 Å². The van der Waals surface area contributed by atoms with Gasteiger partial charge in [-0.3, -0.25) is 9.78 Å². The predicted molar refractivity (Wildman–Crippen MR) is 111 cm³/mol. The molecule has 0 radical (unpaired) electrons. The third-order valence-corrected chi connectivity index (χ3v) is 5.84. The van der Waals surface area contributed by atoms with Crippen molar-refractivity contribution < 1.29 is 4.79 Å². The van der Waals surface area contributed by atoms with Crippen molar-refractivity contribution in [2.24, 2.45) is 5.92 Å². The number of nitrogens with one attached hydrogen (secondary N) is 1. The highest BCUT2D eigenvalue weighted by atomic mass is 16.2. The molecule has 3 atom stereocenters. The Morgan fingerprint density at radius 3 is 2.79 bits per heavy atom. The lowest BCUT2D eigenvalue weighted by molar-refractivity contribution is -0.132. The first-order valence-corrected chi connectivity index (χ1v) is 10.2. The first-order chi connectivity index (χ1) is 13.6.